The smallest absolute Gasteiger partial charge is 0.349 e. The highest BCUT2D eigenvalue weighted by molar-refractivity contribution is 6.05. The Bertz CT molecular complexity index is 1100. The summed E-state index contributed by atoms with van der Waals surface area (Å²) in [5.41, 5.74) is 1.16. The van der Waals surface area contributed by atoms with Gasteiger partial charge in [0.15, 0.2) is 0 Å². The third kappa shape index (κ3) is 2.90. The third-order valence-electron chi connectivity index (χ3n) is 3.73. The van der Waals surface area contributed by atoms with Crippen molar-refractivity contribution < 1.29 is 9.21 Å². The van der Waals surface area contributed by atoms with E-state index in [1.54, 1.807) is 47.6 Å². The Balaban J connectivity index is 1.60. The molecule has 4 aromatic rings. The molecular weight excluding hydrogens is 320 g/mol. The summed E-state index contributed by atoms with van der Waals surface area (Å²) in [5.74, 6) is -0.517. The van der Waals surface area contributed by atoms with Crippen LogP contribution in [-0.4, -0.2) is 20.7 Å². The van der Waals surface area contributed by atoms with Gasteiger partial charge in [-0.3, -0.25) is 9.36 Å². The number of fused-ring (bicyclic) bond motifs is 1. The fourth-order valence-corrected chi connectivity index (χ4v) is 2.47. The Labute approximate surface area is 141 Å². The van der Waals surface area contributed by atoms with Gasteiger partial charge in [0.05, 0.1) is 0 Å². The van der Waals surface area contributed by atoms with E-state index in [2.05, 4.69) is 15.5 Å². The van der Waals surface area contributed by atoms with Gasteiger partial charge in [0.2, 0.25) is 0 Å². The van der Waals surface area contributed by atoms with Gasteiger partial charge in [-0.2, -0.15) is 0 Å². The Morgan fingerprint density at radius 3 is 2.48 bits per heavy atom. The molecule has 0 spiro atoms. The minimum atomic E-state index is -0.669. The van der Waals surface area contributed by atoms with E-state index in [4.69, 9.17) is 4.42 Å². The molecule has 4 rings (SSSR count). The van der Waals surface area contributed by atoms with E-state index in [9.17, 15) is 9.59 Å². The molecule has 0 saturated heterocycles. The Morgan fingerprint density at radius 2 is 1.72 bits per heavy atom. The number of rotatable bonds is 3. The molecule has 7 nitrogen and oxygen atoms in total. The number of nitrogens with one attached hydrogen (secondary N) is 1. The average molecular weight is 332 g/mol. The largest absolute Gasteiger partial charge is 0.422 e. The second kappa shape index (κ2) is 6.04. The Morgan fingerprint density at radius 1 is 1.00 bits per heavy atom. The first-order chi connectivity index (χ1) is 12.2. The average Bonchev–Trinajstić information content (AvgIpc) is 3.16. The maximum atomic E-state index is 12.4. The topological polar surface area (TPSA) is 90.0 Å². The van der Waals surface area contributed by atoms with Crippen molar-refractivity contribution in [1.29, 1.82) is 0 Å². The van der Waals surface area contributed by atoms with Gasteiger partial charge in [-0.25, -0.2) is 4.79 Å². The first kappa shape index (κ1) is 14.8. The second-order valence-corrected chi connectivity index (χ2v) is 5.36. The fourth-order valence-electron chi connectivity index (χ4n) is 2.47. The molecule has 0 atom stereocenters. The summed E-state index contributed by atoms with van der Waals surface area (Å²) < 4.78 is 6.93. The van der Waals surface area contributed by atoms with Crippen LogP contribution in [0.1, 0.15) is 10.4 Å². The zero-order chi connectivity index (χ0) is 17.2. The van der Waals surface area contributed by atoms with Crippen LogP contribution in [0.15, 0.2) is 76.5 Å². The summed E-state index contributed by atoms with van der Waals surface area (Å²) in [4.78, 5) is 24.4. The second-order valence-electron chi connectivity index (χ2n) is 5.36. The lowest BCUT2D eigenvalue weighted by Gasteiger charge is -2.07. The summed E-state index contributed by atoms with van der Waals surface area (Å²) in [6, 6.07) is 15.7. The highest BCUT2D eigenvalue weighted by atomic mass is 16.4. The molecule has 1 amide bonds. The zero-order valence-corrected chi connectivity index (χ0v) is 12.9. The van der Waals surface area contributed by atoms with Crippen LogP contribution in [0.2, 0.25) is 0 Å². The van der Waals surface area contributed by atoms with Gasteiger partial charge < -0.3 is 9.73 Å². The predicted octanol–water partition coefficient (Wildman–Crippen LogP) is 2.63. The first-order valence-corrected chi connectivity index (χ1v) is 7.50. The minimum Gasteiger partial charge on any atom is -0.422 e. The molecule has 1 N–H and O–H groups in total. The molecule has 0 aliphatic heterocycles. The highest BCUT2D eigenvalue weighted by Gasteiger charge is 2.14. The summed E-state index contributed by atoms with van der Waals surface area (Å²) in [7, 11) is 0. The number of nitrogens with zero attached hydrogens (tertiary/aromatic N) is 3. The molecule has 25 heavy (non-hydrogen) atoms. The van der Waals surface area contributed by atoms with Gasteiger partial charge in [-0.15, -0.1) is 10.2 Å². The van der Waals surface area contributed by atoms with Crippen molar-refractivity contribution in [3.05, 3.63) is 83.2 Å². The van der Waals surface area contributed by atoms with Gasteiger partial charge in [-0.05, 0) is 36.4 Å². The number of carbonyl (C=O) groups is 1. The maximum Gasteiger partial charge on any atom is 0.349 e. The molecule has 0 saturated carbocycles. The monoisotopic (exact) mass is 332 g/mol. The molecule has 0 unspecified atom stereocenters. The maximum absolute atomic E-state index is 12.4. The number of hydrogen-bond acceptors (Lipinski definition) is 5. The van der Waals surface area contributed by atoms with E-state index in [0.29, 0.717) is 16.7 Å². The molecule has 0 radical (unpaired) electrons. The van der Waals surface area contributed by atoms with Gasteiger partial charge in [0.1, 0.15) is 23.8 Å². The molecule has 7 heteroatoms. The number of hydrogen-bond donors (Lipinski definition) is 1. The standard InChI is InChI=1S/C18H12N4O3/c23-17(15-9-12-3-1-2-4-16(12)25-18(15)24)21-13-5-7-14(8-6-13)22-10-19-20-11-22/h1-11H,(H,21,23). The number of amides is 1. The van der Waals surface area contributed by atoms with E-state index in [1.165, 1.54) is 6.07 Å². The molecule has 0 fully saturated rings. The van der Waals surface area contributed by atoms with Crippen molar-refractivity contribution in [1.82, 2.24) is 14.8 Å². The van der Waals surface area contributed by atoms with Crippen molar-refractivity contribution in [2.24, 2.45) is 0 Å². The van der Waals surface area contributed by atoms with Crippen molar-refractivity contribution in [3.8, 4) is 5.69 Å². The van der Waals surface area contributed by atoms with Crippen molar-refractivity contribution in [2.75, 3.05) is 5.32 Å². The molecule has 0 aliphatic carbocycles. The first-order valence-electron chi connectivity index (χ1n) is 7.50. The van der Waals surface area contributed by atoms with Crippen LogP contribution >= 0.6 is 0 Å². The molecule has 2 heterocycles. The lowest BCUT2D eigenvalue weighted by atomic mass is 10.1. The third-order valence-corrected chi connectivity index (χ3v) is 3.73. The summed E-state index contributed by atoms with van der Waals surface area (Å²) >= 11 is 0. The number of anilines is 1. The molecule has 2 aromatic carbocycles. The van der Waals surface area contributed by atoms with Gasteiger partial charge in [-0.1, -0.05) is 18.2 Å². The lowest BCUT2D eigenvalue weighted by molar-refractivity contribution is 0.102. The van der Waals surface area contributed by atoms with Crippen LogP contribution in [0.25, 0.3) is 16.7 Å². The summed E-state index contributed by atoms with van der Waals surface area (Å²) in [5, 5.41) is 10.9. The van der Waals surface area contributed by atoms with Crippen molar-refractivity contribution in [3.63, 3.8) is 0 Å². The Hall–Kier alpha value is -3.74. The number of carbonyl (C=O) groups excluding carboxylic acids is 1. The van der Waals surface area contributed by atoms with Crippen molar-refractivity contribution >= 4 is 22.6 Å². The summed E-state index contributed by atoms with van der Waals surface area (Å²) in [6.07, 6.45) is 3.15. The quantitative estimate of drug-likeness (QED) is 0.583. The van der Waals surface area contributed by atoms with Gasteiger partial charge in [0.25, 0.3) is 5.91 Å². The minimum absolute atomic E-state index is 0.0402. The highest BCUT2D eigenvalue weighted by Crippen LogP contribution is 2.16. The van der Waals surface area contributed by atoms with Crippen LogP contribution < -0.4 is 10.9 Å². The predicted molar refractivity (Wildman–Crippen MR) is 91.8 cm³/mol. The van der Waals surface area contributed by atoms with Crippen LogP contribution in [0.4, 0.5) is 5.69 Å². The molecule has 0 bridgehead atoms. The van der Waals surface area contributed by atoms with Gasteiger partial charge in [0, 0.05) is 16.8 Å². The van der Waals surface area contributed by atoms with Crippen LogP contribution in [0, 0.1) is 0 Å². The lowest BCUT2D eigenvalue weighted by Crippen LogP contribution is -2.20. The van der Waals surface area contributed by atoms with Gasteiger partial charge >= 0.3 is 5.63 Å². The summed E-state index contributed by atoms with van der Waals surface area (Å²) in [6.45, 7) is 0. The molecule has 0 aliphatic rings. The molecule has 2 aromatic heterocycles. The number of benzene rings is 2. The Kier molecular flexibility index (Phi) is 3.59. The van der Waals surface area contributed by atoms with Crippen LogP contribution in [0.5, 0.6) is 0 Å². The van der Waals surface area contributed by atoms with E-state index >= 15 is 0 Å². The number of para-hydroxylation sites is 1. The van der Waals surface area contributed by atoms with E-state index in [-0.39, 0.29) is 5.56 Å². The normalized spacial score (nSPS) is 10.7. The van der Waals surface area contributed by atoms with E-state index in [0.717, 1.165) is 5.69 Å². The zero-order valence-electron chi connectivity index (χ0n) is 12.9. The molecular formula is C18H12N4O3. The molecule has 122 valence electrons. The van der Waals surface area contributed by atoms with E-state index in [1.807, 2.05) is 18.2 Å². The van der Waals surface area contributed by atoms with E-state index < -0.39 is 11.5 Å². The SMILES string of the molecule is O=C(Nc1ccc(-n2cnnc2)cc1)c1cc2ccccc2oc1=O. The fraction of sp³-hybridized carbons (Fsp3) is 0. The van der Waals surface area contributed by atoms with Crippen molar-refractivity contribution in [2.45, 2.75) is 0 Å². The van der Waals surface area contributed by atoms with Crippen LogP contribution in [-0.2, 0) is 0 Å². The number of aromatic nitrogens is 3. The van der Waals surface area contributed by atoms with Crippen LogP contribution in [0.3, 0.4) is 0 Å².